The highest BCUT2D eigenvalue weighted by atomic mass is 127. The van der Waals surface area contributed by atoms with Crippen LogP contribution < -0.4 is 28.5 Å². The molecule has 1 aromatic rings. The van der Waals surface area contributed by atoms with Crippen LogP contribution >= 0.6 is 0 Å². The molecule has 2 rings (SSSR count). The Kier molecular flexibility index (Phi) is 3.84. The third kappa shape index (κ3) is 3.06. The molecule has 0 amide bonds. The Labute approximate surface area is 95.0 Å². The highest BCUT2D eigenvalue weighted by Gasteiger charge is 2.31. The van der Waals surface area contributed by atoms with Crippen molar-refractivity contribution < 1.29 is 33.3 Å². The van der Waals surface area contributed by atoms with Crippen LogP contribution in [0.2, 0.25) is 0 Å². The van der Waals surface area contributed by atoms with Gasteiger partial charge in [0.2, 0.25) is 6.54 Å². The van der Waals surface area contributed by atoms with E-state index >= 15 is 0 Å². The van der Waals surface area contributed by atoms with Crippen LogP contribution in [0.3, 0.4) is 0 Å². The topological polar surface area (TPSA) is 20.9 Å². The maximum atomic E-state index is 11.4. The van der Waals surface area contributed by atoms with Crippen molar-refractivity contribution in [2.24, 2.45) is 5.92 Å². The van der Waals surface area contributed by atoms with Gasteiger partial charge < -0.3 is 24.0 Å². The van der Waals surface area contributed by atoms with E-state index in [-0.39, 0.29) is 24.0 Å². The Bertz CT molecular complexity index is 282. The molecule has 13 heavy (non-hydrogen) atoms. The Morgan fingerprint density at radius 2 is 1.85 bits per heavy atom. The molecule has 0 aromatic carbocycles. The van der Waals surface area contributed by atoms with Gasteiger partial charge in [-0.05, 0) is 12.8 Å². The number of pyridine rings is 1. The van der Waals surface area contributed by atoms with E-state index in [4.69, 9.17) is 0 Å². The lowest BCUT2D eigenvalue weighted by atomic mass is 10.2. The van der Waals surface area contributed by atoms with E-state index in [1.807, 2.05) is 35.2 Å². The smallest absolute Gasteiger partial charge is 0.206 e. The van der Waals surface area contributed by atoms with Crippen molar-refractivity contribution >= 4 is 5.78 Å². The summed E-state index contributed by atoms with van der Waals surface area (Å²) < 4.78 is 1.93. The molecule has 0 atom stereocenters. The molecule has 0 N–H and O–H groups in total. The van der Waals surface area contributed by atoms with Gasteiger partial charge in [0, 0.05) is 18.1 Å². The van der Waals surface area contributed by atoms with Gasteiger partial charge in [0.15, 0.2) is 18.2 Å². The average Bonchev–Trinajstić information content (AvgIpc) is 2.88. The summed E-state index contributed by atoms with van der Waals surface area (Å²) in [5, 5.41) is 0. The van der Waals surface area contributed by atoms with Gasteiger partial charge >= 0.3 is 0 Å². The van der Waals surface area contributed by atoms with Gasteiger partial charge in [-0.3, -0.25) is 4.79 Å². The molecule has 0 aliphatic heterocycles. The predicted octanol–water partition coefficient (Wildman–Crippen LogP) is -2.04. The van der Waals surface area contributed by atoms with Crippen molar-refractivity contribution in [3.63, 3.8) is 0 Å². The first-order valence-corrected chi connectivity index (χ1v) is 4.33. The van der Waals surface area contributed by atoms with Crippen molar-refractivity contribution in [1.82, 2.24) is 0 Å². The highest BCUT2D eigenvalue weighted by molar-refractivity contribution is 5.81. The molecule has 1 heterocycles. The molecule has 1 fully saturated rings. The van der Waals surface area contributed by atoms with E-state index in [1.165, 1.54) is 0 Å². The van der Waals surface area contributed by atoms with Crippen molar-refractivity contribution in [2.45, 2.75) is 19.4 Å². The summed E-state index contributed by atoms with van der Waals surface area (Å²) in [6, 6.07) is 5.85. The Morgan fingerprint density at radius 1 is 1.23 bits per heavy atom. The van der Waals surface area contributed by atoms with Gasteiger partial charge in [-0.15, -0.1) is 0 Å². The number of nitrogens with zero attached hydrogens (tertiary/aromatic N) is 1. The lowest BCUT2D eigenvalue weighted by Gasteiger charge is -1.92. The third-order valence-electron chi connectivity index (χ3n) is 2.15. The van der Waals surface area contributed by atoms with Gasteiger partial charge in [-0.25, -0.2) is 0 Å². The molecule has 0 bridgehead atoms. The van der Waals surface area contributed by atoms with Gasteiger partial charge in [-0.1, -0.05) is 6.07 Å². The van der Waals surface area contributed by atoms with E-state index in [2.05, 4.69) is 0 Å². The fraction of sp³-hybridized carbons (Fsp3) is 0.400. The van der Waals surface area contributed by atoms with Crippen LogP contribution in [0.25, 0.3) is 0 Å². The number of Topliss-reactive ketones (excluding diaryl/α,β-unsaturated/α-hetero) is 1. The highest BCUT2D eigenvalue weighted by Crippen LogP contribution is 2.29. The maximum Gasteiger partial charge on any atom is 0.206 e. The first kappa shape index (κ1) is 10.6. The molecule has 0 radical (unpaired) electrons. The van der Waals surface area contributed by atoms with E-state index in [0.717, 1.165) is 12.8 Å². The second-order valence-electron chi connectivity index (χ2n) is 3.29. The van der Waals surface area contributed by atoms with Crippen molar-refractivity contribution in [1.29, 1.82) is 0 Å². The minimum Gasteiger partial charge on any atom is -1.00 e. The molecule has 1 aliphatic rings. The number of carbonyl (C=O) groups excluding carboxylic acids is 1. The average molecular weight is 289 g/mol. The van der Waals surface area contributed by atoms with E-state index in [1.54, 1.807) is 0 Å². The molecule has 0 spiro atoms. The van der Waals surface area contributed by atoms with E-state index in [9.17, 15) is 4.79 Å². The zero-order valence-electron chi connectivity index (χ0n) is 7.32. The number of rotatable bonds is 3. The molecular formula is C10H12INO. The summed E-state index contributed by atoms with van der Waals surface area (Å²) in [5.74, 6) is 0.754. The molecule has 2 nitrogen and oxygen atoms in total. The summed E-state index contributed by atoms with van der Waals surface area (Å²) in [7, 11) is 0. The van der Waals surface area contributed by atoms with E-state index in [0.29, 0.717) is 18.2 Å². The zero-order valence-corrected chi connectivity index (χ0v) is 9.48. The lowest BCUT2D eigenvalue weighted by molar-refractivity contribution is -0.684. The molecule has 3 heteroatoms. The van der Waals surface area contributed by atoms with Crippen LogP contribution in [-0.2, 0) is 11.3 Å². The fourth-order valence-corrected chi connectivity index (χ4v) is 1.25. The maximum absolute atomic E-state index is 11.4. The monoisotopic (exact) mass is 289 g/mol. The van der Waals surface area contributed by atoms with Crippen molar-refractivity contribution in [3.05, 3.63) is 30.6 Å². The third-order valence-corrected chi connectivity index (χ3v) is 2.15. The molecule has 1 aliphatic carbocycles. The first-order valence-electron chi connectivity index (χ1n) is 4.33. The van der Waals surface area contributed by atoms with Crippen LogP contribution in [-0.4, -0.2) is 5.78 Å². The zero-order chi connectivity index (χ0) is 8.39. The number of halogens is 1. The normalized spacial score (nSPS) is 14.8. The second kappa shape index (κ2) is 4.69. The van der Waals surface area contributed by atoms with Crippen molar-refractivity contribution in [2.75, 3.05) is 0 Å². The van der Waals surface area contributed by atoms with Crippen LogP contribution in [0.5, 0.6) is 0 Å². The summed E-state index contributed by atoms with van der Waals surface area (Å²) in [6.45, 7) is 0.547. The number of hydrogen-bond donors (Lipinski definition) is 0. The molecule has 70 valence electrons. The number of carbonyl (C=O) groups is 1. The Hall–Kier alpha value is -0.450. The predicted molar refractivity (Wildman–Crippen MR) is 44.4 cm³/mol. The standard InChI is InChI=1S/C10H12NO.HI/c12-10(9-4-5-9)8-11-6-2-1-3-7-11;/h1-3,6-7,9H,4-5,8H2;1H/q+1;/p-1. The SMILES string of the molecule is O=C(C[n+]1ccccc1)C1CC1.[I-]. The van der Waals surface area contributed by atoms with Crippen molar-refractivity contribution in [3.8, 4) is 0 Å². The number of hydrogen-bond acceptors (Lipinski definition) is 1. The summed E-state index contributed by atoms with van der Waals surface area (Å²) in [4.78, 5) is 11.4. The van der Waals surface area contributed by atoms with Gasteiger partial charge in [0.1, 0.15) is 0 Å². The van der Waals surface area contributed by atoms with Crippen LogP contribution in [0.15, 0.2) is 30.6 Å². The van der Waals surface area contributed by atoms with Gasteiger partial charge in [0.25, 0.3) is 0 Å². The quantitative estimate of drug-likeness (QED) is 0.464. The van der Waals surface area contributed by atoms with Crippen LogP contribution in [0, 0.1) is 5.92 Å². The van der Waals surface area contributed by atoms with Gasteiger partial charge in [0.05, 0.1) is 0 Å². The number of aromatic nitrogens is 1. The van der Waals surface area contributed by atoms with Crippen LogP contribution in [0.1, 0.15) is 12.8 Å². The Morgan fingerprint density at radius 3 is 2.38 bits per heavy atom. The lowest BCUT2D eigenvalue weighted by Crippen LogP contribution is -3.00. The summed E-state index contributed by atoms with van der Waals surface area (Å²) in [6.07, 6.45) is 6.07. The number of ketones is 1. The second-order valence-corrected chi connectivity index (χ2v) is 3.29. The molecule has 0 unspecified atom stereocenters. The Balaban J connectivity index is 0.000000845. The fourth-order valence-electron chi connectivity index (χ4n) is 1.25. The molecule has 1 aromatic heterocycles. The summed E-state index contributed by atoms with van der Waals surface area (Å²) >= 11 is 0. The summed E-state index contributed by atoms with van der Waals surface area (Å²) in [5.41, 5.74) is 0. The molecule has 1 saturated carbocycles. The largest absolute Gasteiger partial charge is 1.00 e. The van der Waals surface area contributed by atoms with Crippen LogP contribution in [0.4, 0.5) is 0 Å². The van der Waals surface area contributed by atoms with E-state index < -0.39 is 0 Å². The first-order chi connectivity index (χ1) is 5.86. The minimum absolute atomic E-state index is 0. The molecular weight excluding hydrogens is 277 g/mol. The minimum atomic E-state index is 0. The molecule has 0 saturated heterocycles. The van der Waals surface area contributed by atoms with Gasteiger partial charge in [-0.2, -0.15) is 4.57 Å².